The van der Waals surface area contributed by atoms with Gasteiger partial charge >= 0.3 is 0 Å². The Labute approximate surface area is 140 Å². The van der Waals surface area contributed by atoms with Crippen LogP contribution >= 0.6 is 11.6 Å². The number of rotatable bonds is 3. The summed E-state index contributed by atoms with van der Waals surface area (Å²) in [6, 6.07) is 13.5. The second-order valence-corrected chi connectivity index (χ2v) is 6.19. The Balaban J connectivity index is 1.66. The van der Waals surface area contributed by atoms with Gasteiger partial charge in [-0.25, -0.2) is 4.39 Å². The van der Waals surface area contributed by atoms with E-state index in [9.17, 15) is 9.18 Å². The van der Waals surface area contributed by atoms with Crippen LogP contribution in [0.5, 0.6) is 0 Å². The molecule has 0 radical (unpaired) electrons. The lowest BCUT2D eigenvalue weighted by Gasteiger charge is -2.33. The number of piperidine rings is 1. The highest BCUT2D eigenvalue weighted by Gasteiger charge is 2.24. The minimum atomic E-state index is -0.253. The van der Waals surface area contributed by atoms with Crippen LogP contribution in [0.15, 0.2) is 48.5 Å². The summed E-state index contributed by atoms with van der Waals surface area (Å²) < 4.78 is 13.0. The number of carbonyl (C=O) groups is 1. The third-order valence-electron chi connectivity index (χ3n) is 4.00. The molecule has 1 heterocycles. The van der Waals surface area contributed by atoms with Gasteiger partial charge in [0.05, 0.1) is 0 Å². The zero-order chi connectivity index (χ0) is 16.2. The van der Waals surface area contributed by atoms with Crippen molar-refractivity contribution in [3.63, 3.8) is 0 Å². The summed E-state index contributed by atoms with van der Waals surface area (Å²) in [4.78, 5) is 14.4. The molecule has 1 saturated heterocycles. The van der Waals surface area contributed by atoms with Crippen LogP contribution in [0.1, 0.15) is 23.2 Å². The third kappa shape index (κ3) is 4.02. The van der Waals surface area contributed by atoms with Crippen LogP contribution in [0.2, 0.25) is 5.02 Å². The van der Waals surface area contributed by atoms with Gasteiger partial charge in [0.1, 0.15) is 5.82 Å². The first-order chi connectivity index (χ1) is 11.1. The molecule has 23 heavy (non-hydrogen) atoms. The summed E-state index contributed by atoms with van der Waals surface area (Å²) >= 11 is 5.96. The van der Waals surface area contributed by atoms with Gasteiger partial charge in [-0.3, -0.25) is 4.79 Å². The summed E-state index contributed by atoms with van der Waals surface area (Å²) in [5.74, 6) is -0.255. The molecule has 1 amide bonds. The second kappa shape index (κ2) is 7.01. The van der Waals surface area contributed by atoms with Gasteiger partial charge in [0.25, 0.3) is 5.91 Å². The highest BCUT2D eigenvalue weighted by molar-refractivity contribution is 6.30. The van der Waals surface area contributed by atoms with Crippen molar-refractivity contribution >= 4 is 23.2 Å². The first kappa shape index (κ1) is 15.8. The molecule has 2 aromatic rings. The number of anilines is 1. The Hall–Kier alpha value is -2.07. The molecular formula is C18H18ClFN2O. The van der Waals surface area contributed by atoms with Crippen LogP contribution in [0.4, 0.5) is 10.1 Å². The predicted molar refractivity (Wildman–Crippen MR) is 90.4 cm³/mol. The Kier molecular flexibility index (Phi) is 4.82. The van der Waals surface area contributed by atoms with Gasteiger partial charge in [-0.2, -0.15) is 0 Å². The van der Waals surface area contributed by atoms with Gasteiger partial charge in [-0.1, -0.05) is 17.7 Å². The van der Waals surface area contributed by atoms with E-state index in [1.54, 1.807) is 36.4 Å². The highest BCUT2D eigenvalue weighted by atomic mass is 35.5. The van der Waals surface area contributed by atoms with E-state index in [1.807, 2.05) is 4.90 Å². The molecule has 3 nitrogen and oxygen atoms in total. The minimum absolute atomic E-state index is 0.00175. The molecule has 0 saturated carbocycles. The smallest absolute Gasteiger partial charge is 0.253 e. The van der Waals surface area contributed by atoms with Crippen LogP contribution in [-0.4, -0.2) is 29.9 Å². The lowest BCUT2D eigenvalue weighted by atomic mass is 10.0. The lowest BCUT2D eigenvalue weighted by Crippen LogP contribution is -2.45. The summed E-state index contributed by atoms with van der Waals surface area (Å²) in [7, 11) is 0. The van der Waals surface area contributed by atoms with Gasteiger partial charge in [-0.15, -0.1) is 0 Å². The first-order valence-electron chi connectivity index (χ1n) is 7.69. The maximum atomic E-state index is 13.0. The van der Waals surface area contributed by atoms with Crippen molar-refractivity contribution in [2.45, 2.75) is 18.9 Å². The maximum absolute atomic E-state index is 13.0. The van der Waals surface area contributed by atoms with Gasteiger partial charge in [-0.05, 0) is 55.3 Å². The van der Waals surface area contributed by atoms with E-state index in [0.29, 0.717) is 17.1 Å². The van der Waals surface area contributed by atoms with Crippen molar-refractivity contribution in [2.24, 2.45) is 0 Å². The highest BCUT2D eigenvalue weighted by Crippen LogP contribution is 2.19. The van der Waals surface area contributed by atoms with Crippen molar-refractivity contribution in [1.29, 1.82) is 0 Å². The first-order valence-corrected chi connectivity index (χ1v) is 8.06. The van der Waals surface area contributed by atoms with Crippen molar-refractivity contribution in [3.8, 4) is 0 Å². The Morgan fingerprint density at radius 3 is 2.74 bits per heavy atom. The number of nitrogens with one attached hydrogen (secondary N) is 1. The van der Waals surface area contributed by atoms with E-state index in [0.717, 1.165) is 25.1 Å². The SMILES string of the molecule is O=C(c1cccc(Cl)c1)N1CCCC(Nc2ccc(F)cc2)C1. The normalized spacial score (nSPS) is 17.8. The molecule has 0 aliphatic carbocycles. The molecule has 1 unspecified atom stereocenters. The zero-order valence-corrected chi connectivity index (χ0v) is 13.4. The topological polar surface area (TPSA) is 32.3 Å². The molecule has 120 valence electrons. The molecule has 1 fully saturated rings. The fourth-order valence-corrected chi connectivity index (χ4v) is 3.06. The molecule has 2 aromatic carbocycles. The quantitative estimate of drug-likeness (QED) is 0.913. The van der Waals surface area contributed by atoms with E-state index in [2.05, 4.69) is 5.32 Å². The molecule has 0 bridgehead atoms. The summed E-state index contributed by atoms with van der Waals surface area (Å²) in [6.45, 7) is 1.37. The summed E-state index contributed by atoms with van der Waals surface area (Å²) in [5, 5.41) is 3.93. The number of hydrogen-bond donors (Lipinski definition) is 1. The van der Waals surface area contributed by atoms with E-state index < -0.39 is 0 Å². The fourth-order valence-electron chi connectivity index (χ4n) is 2.87. The van der Waals surface area contributed by atoms with Crippen LogP contribution in [0.25, 0.3) is 0 Å². The Bertz CT molecular complexity index is 690. The van der Waals surface area contributed by atoms with E-state index in [-0.39, 0.29) is 17.8 Å². The molecule has 5 heteroatoms. The molecular weight excluding hydrogens is 315 g/mol. The molecule has 0 aromatic heterocycles. The third-order valence-corrected chi connectivity index (χ3v) is 4.23. The predicted octanol–water partition coefficient (Wildman–Crippen LogP) is 4.20. The van der Waals surface area contributed by atoms with E-state index >= 15 is 0 Å². The van der Waals surface area contributed by atoms with Crippen molar-refractivity contribution in [3.05, 3.63) is 64.9 Å². The van der Waals surface area contributed by atoms with Crippen LogP contribution in [0, 0.1) is 5.82 Å². The monoisotopic (exact) mass is 332 g/mol. The minimum Gasteiger partial charge on any atom is -0.381 e. The molecule has 0 spiro atoms. The standard InChI is InChI=1S/C18H18ClFN2O/c19-14-4-1-3-13(11-14)18(23)22-10-2-5-17(12-22)21-16-8-6-15(20)7-9-16/h1,3-4,6-9,11,17,21H,2,5,10,12H2. The van der Waals surface area contributed by atoms with Crippen LogP contribution < -0.4 is 5.32 Å². The van der Waals surface area contributed by atoms with Crippen molar-refractivity contribution < 1.29 is 9.18 Å². The van der Waals surface area contributed by atoms with E-state index in [4.69, 9.17) is 11.6 Å². The van der Waals surface area contributed by atoms with Gasteiger partial charge in [0.2, 0.25) is 0 Å². The molecule has 1 atom stereocenters. The molecule has 1 N–H and O–H groups in total. The Morgan fingerprint density at radius 1 is 1.22 bits per heavy atom. The number of amides is 1. The van der Waals surface area contributed by atoms with Gasteiger partial charge in [0.15, 0.2) is 0 Å². The molecule has 1 aliphatic heterocycles. The average Bonchev–Trinajstić information content (AvgIpc) is 2.56. The average molecular weight is 333 g/mol. The van der Waals surface area contributed by atoms with Crippen molar-refractivity contribution in [1.82, 2.24) is 4.90 Å². The van der Waals surface area contributed by atoms with Gasteiger partial charge in [0, 0.05) is 35.4 Å². The van der Waals surface area contributed by atoms with E-state index in [1.165, 1.54) is 12.1 Å². The number of halogens is 2. The molecule has 3 rings (SSSR count). The zero-order valence-electron chi connectivity index (χ0n) is 12.6. The lowest BCUT2D eigenvalue weighted by molar-refractivity contribution is 0.0715. The number of benzene rings is 2. The van der Waals surface area contributed by atoms with Crippen LogP contribution in [0.3, 0.4) is 0 Å². The Morgan fingerprint density at radius 2 is 2.00 bits per heavy atom. The second-order valence-electron chi connectivity index (χ2n) is 5.75. The van der Waals surface area contributed by atoms with Crippen molar-refractivity contribution in [2.75, 3.05) is 18.4 Å². The fraction of sp³-hybridized carbons (Fsp3) is 0.278. The number of likely N-dealkylation sites (tertiary alicyclic amines) is 1. The summed E-state index contributed by atoms with van der Waals surface area (Å²) in [5.41, 5.74) is 1.48. The number of hydrogen-bond acceptors (Lipinski definition) is 2. The molecule has 1 aliphatic rings. The van der Waals surface area contributed by atoms with Gasteiger partial charge < -0.3 is 10.2 Å². The van der Waals surface area contributed by atoms with Crippen LogP contribution in [-0.2, 0) is 0 Å². The number of carbonyl (C=O) groups excluding carboxylic acids is 1. The number of nitrogens with zero attached hydrogens (tertiary/aromatic N) is 1. The summed E-state index contributed by atoms with van der Waals surface area (Å²) in [6.07, 6.45) is 1.92. The largest absolute Gasteiger partial charge is 0.381 e. The maximum Gasteiger partial charge on any atom is 0.253 e.